The Kier molecular flexibility index (Phi) is 6.52. The molecule has 0 saturated heterocycles. The number of ether oxygens (including phenoxy) is 1. The lowest BCUT2D eigenvalue weighted by Gasteiger charge is -2.07. The van der Waals surface area contributed by atoms with Gasteiger partial charge in [-0.05, 0) is 37.1 Å². The summed E-state index contributed by atoms with van der Waals surface area (Å²) in [5.74, 6) is -1.31. The van der Waals surface area contributed by atoms with Gasteiger partial charge in [-0.3, -0.25) is 9.59 Å². The summed E-state index contributed by atoms with van der Waals surface area (Å²) >= 11 is 3.37. The third-order valence-electron chi connectivity index (χ3n) is 2.43. The van der Waals surface area contributed by atoms with Gasteiger partial charge in [0.05, 0.1) is 0 Å². The second kappa shape index (κ2) is 7.91. The van der Waals surface area contributed by atoms with Crippen LogP contribution >= 0.6 is 15.9 Å². The van der Waals surface area contributed by atoms with Crippen LogP contribution in [0.1, 0.15) is 12.0 Å². The third kappa shape index (κ3) is 5.40. The van der Waals surface area contributed by atoms with Crippen LogP contribution in [0.25, 0.3) is 0 Å². The molecule has 6 heteroatoms. The molecule has 2 amide bonds. The van der Waals surface area contributed by atoms with E-state index in [4.69, 9.17) is 4.74 Å². The minimum atomic E-state index is -0.667. The van der Waals surface area contributed by atoms with Crippen molar-refractivity contribution in [3.63, 3.8) is 0 Å². The van der Waals surface area contributed by atoms with E-state index < -0.39 is 11.8 Å². The van der Waals surface area contributed by atoms with Gasteiger partial charge in [0.2, 0.25) is 0 Å². The first-order valence-corrected chi connectivity index (χ1v) is 6.68. The first kappa shape index (κ1) is 15.7. The van der Waals surface area contributed by atoms with Gasteiger partial charge in [0.25, 0.3) is 0 Å². The number of carbonyl (C=O) groups excluding carboxylic acids is 2. The standard InChI is InChI=1S/C13H17BrN2O3/c1-9-8-10(4-5-11(9)14)16-13(18)12(17)15-6-3-7-19-2/h4-5,8H,3,6-7H2,1-2H3,(H,15,17)(H,16,18). The molecule has 19 heavy (non-hydrogen) atoms. The van der Waals surface area contributed by atoms with Crippen molar-refractivity contribution < 1.29 is 14.3 Å². The van der Waals surface area contributed by atoms with Gasteiger partial charge in [-0.25, -0.2) is 0 Å². The van der Waals surface area contributed by atoms with E-state index in [-0.39, 0.29) is 0 Å². The number of hydrogen-bond donors (Lipinski definition) is 2. The topological polar surface area (TPSA) is 67.4 Å². The van der Waals surface area contributed by atoms with E-state index in [0.29, 0.717) is 25.3 Å². The fraction of sp³-hybridized carbons (Fsp3) is 0.385. The molecule has 0 aliphatic carbocycles. The molecule has 104 valence electrons. The fourth-order valence-corrected chi connectivity index (χ4v) is 1.66. The molecule has 0 spiro atoms. The quantitative estimate of drug-likeness (QED) is 0.640. The number of benzene rings is 1. The first-order valence-electron chi connectivity index (χ1n) is 5.89. The summed E-state index contributed by atoms with van der Waals surface area (Å²) in [7, 11) is 1.59. The van der Waals surface area contributed by atoms with Crippen molar-refractivity contribution in [1.82, 2.24) is 5.32 Å². The van der Waals surface area contributed by atoms with Gasteiger partial charge < -0.3 is 15.4 Å². The molecule has 1 rings (SSSR count). The molecule has 1 aromatic rings. The molecule has 0 fully saturated rings. The Labute approximate surface area is 120 Å². The van der Waals surface area contributed by atoms with Crippen molar-refractivity contribution >= 4 is 33.4 Å². The predicted molar refractivity (Wildman–Crippen MR) is 77.0 cm³/mol. The van der Waals surface area contributed by atoms with Gasteiger partial charge in [-0.15, -0.1) is 0 Å². The maximum atomic E-state index is 11.6. The molecular weight excluding hydrogens is 312 g/mol. The number of amides is 2. The van der Waals surface area contributed by atoms with Crippen molar-refractivity contribution in [2.75, 3.05) is 25.6 Å². The fourth-order valence-electron chi connectivity index (χ4n) is 1.41. The van der Waals surface area contributed by atoms with Crippen LogP contribution in [0.3, 0.4) is 0 Å². The van der Waals surface area contributed by atoms with Crippen LogP contribution < -0.4 is 10.6 Å². The van der Waals surface area contributed by atoms with Crippen molar-refractivity contribution in [1.29, 1.82) is 0 Å². The minimum Gasteiger partial charge on any atom is -0.385 e. The van der Waals surface area contributed by atoms with Crippen LogP contribution in [0, 0.1) is 6.92 Å². The van der Waals surface area contributed by atoms with E-state index in [1.807, 2.05) is 13.0 Å². The Balaban J connectivity index is 2.45. The van der Waals surface area contributed by atoms with Crippen molar-refractivity contribution in [2.45, 2.75) is 13.3 Å². The number of carbonyl (C=O) groups is 2. The Morgan fingerprint density at radius 3 is 2.68 bits per heavy atom. The van der Waals surface area contributed by atoms with Crippen molar-refractivity contribution in [3.8, 4) is 0 Å². The third-order valence-corrected chi connectivity index (χ3v) is 3.32. The van der Waals surface area contributed by atoms with Crippen LogP contribution in [0.15, 0.2) is 22.7 Å². The Morgan fingerprint density at radius 1 is 1.32 bits per heavy atom. The van der Waals surface area contributed by atoms with E-state index >= 15 is 0 Å². The lowest BCUT2D eigenvalue weighted by molar-refractivity contribution is -0.136. The number of hydrogen-bond acceptors (Lipinski definition) is 3. The average molecular weight is 329 g/mol. The van der Waals surface area contributed by atoms with Gasteiger partial charge >= 0.3 is 11.8 Å². The number of nitrogens with one attached hydrogen (secondary N) is 2. The lowest BCUT2D eigenvalue weighted by Crippen LogP contribution is -2.36. The molecule has 0 unspecified atom stereocenters. The van der Waals surface area contributed by atoms with E-state index in [1.165, 1.54) is 0 Å². The predicted octanol–water partition coefficient (Wildman–Crippen LogP) is 1.85. The summed E-state index contributed by atoms with van der Waals surface area (Å²) in [6.07, 6.45) is 0.674. The molecule has 0 aliphatic rings. The maximum absolute atomic E-state index is 11.6. The normalized spacial score (nSPS) is 10.1. The summed E-state index contributed by atoms with van der Waals surface area (Å²) in [5, 5.41) is 5.07. The number of halogens is 1. The molecule has 0 atom stereocenters. The highest BCUT2D eigenvalue weighted by Crippen LogP contribution is 2.19. The Bertz CT molecular complexity index is 463. The molecule has 0 radical (unpaired) electrons. The van der Waals surface area contributed by atoms with Crippen LogP contribution in [0.2, 0.25) is 0 Å². The van der Waals surface area contributed by atoms with Crippen LogP contribution in [-0.4, -0.2) is 32.1 Å². The molecule has 0 heterocycles. The highest BCUT2D eigenvalue weighted by molar-refractivity contribution is 9.10. The number of aryl methyl sites for hydroxylation is 1. The largest absolute Gasteiger partial charge is 0.385 e. The highest BCUT2D eigenvalue weighted by Gasteiger charge is 2.13. The second-order valence-corrected chi connectivity index (χ2v) is 4.87. The molecule has 5 nitrogen and oxygen atoms in total. The molecule has 0 bridgehead atoms. The zero-order valence-electron chi connectivity index (χ0n) is 11.0. The van der Waals surface area contributed by atoms with Crippen LogP contribution in [0.4, 0.5) is 5.69 Å². The summed E-state index contributed by atoms with van der Waals surface area (Å²) in [6, 6.07) is 5.34. The minimum absolute atomic E-state index is 0.416. The summed E-state index contributed by atoms with van der Waals surface area (Å²) in [6.45, 7) is 2.87. The smallest absolute Gasteiger partial charge is 0.313 e. The van der Waals surface area contributed by atoms with E-state index in [0.717, 1.165) is 10.0 Å². The van der Waals surface area contributed by atoms with E-state index in [2.05, 4.69) is 26.6 Å². The molecule has 2 N–H and O–H groups in total. The van der Waals surface area contributed by atoms with Gasteiger partial charge in [-0.2, -0.15) is 0 Å². The second-order valence-electron chi connectivity index (χ2n) is 4.02. The number of anilines is 1. The summed E-state index contributed by atoms with van der Waals surface area (Å²) in [5.41, 5.74) is 1.58. The Morgan fingerprint density at radius 2 is 2.05 bits per heavy atom. The molecule has 0 saturated carbocycles. The van der Waals surface area contributed by atoms with Gasteiger partial charge in [-0.1, -0.05) is 15.9 Å². The van der Waals surface area contributed by atoms with Gasteiger partial charge in [0, 0.05) is 30.4 Å². The highest BCUT2D eigenvalue weighted by atomic mass is 79.9. The molecule has 0 aliphatic heterocycles. The van der Waals surface area contributed by atoms with Crippen molar-refractivity contribution in [2.24, 2.45) is 0 Å². The number of methoxy groups -OCH3 is 1. The van der Waals surface area contributed by atoms with Crippen LogP contribution in [0.5, 0.6) is 0 Å². The van der Waals surface area contributed by atoms with Crippen molar-refractivity contribution in [3.05, 3.63) is 28.2 Å². The zero-order chi connectivity index (χ0) is 14.3. The molecular formula is C13H17BrN2O3. The first-order chi connectivity index (χ1) is 9.04. The summed E-state index contributed by atoms with van der Waals surface area (Å²) in [4.78, 5) is 23.1. The van der Waals surface area contributed by atoms with E-state index in [1.54, 1.807) is 19.2 Å². The van der Waals surface area contributed by atoms with Crippen LogP contribution in [-0.2, 0) is 14.3 Å². The van der Waals surface area contributed by atoms with Gasteiger partial charge in [0.15, 0.2) is 0 Å². The summed E-state index contributed by atoms with van der Waals surface area (Å²) < 4.78 is 5.80. The number of rotatable bonds is 5. The maximum Gasteiger partial charge on any atom is 0.313 e. The monoisotopic (exact) mass is 328 g/mol. The SMILES string of the molecule is COCCCNC(=O)C(=O)Nc1ccc(Br)c(C)c1. The van der Waals surface area contributed by atoms with Gasteiger partial charge in [0.1, 0.15) is 0 Å². The zero-order valence-corrected chi connectivity index (χ0v) is 12.5. The van der Waals surface area contributed by atoms with E-state index in [9.17, 15) is 9.59 Å². The average Bonchev–Trinajstić information content (AvgIpc) is 2.38. The lowest BCUT2D eigenvalue weighted by atomic mass is 10.2. The Hall–Kier alpha value is -1.40. The molecule has 1 aromatic carbocycles. The molecule has 0 aromatic heterocycles.